The monoisotopic (exact) mass is 314 g/mol. The lowest BCUT2D eigenvalue weighted by atomic mass is 9.96. The topological polar surface area (TPSA) is 45.0 Å². The van der Waals surface area contributed by atoms with Crippen LogP contribution in [0.25, 0.3) is 0 Å². The molecule has 5 heteroatoms. The first-order valence-corrected chi connectivity index (χ1v) is 7.49. The molecule has 0 spiro atoms. The van der Waals surface area contributed by atoms with Crippen molar-refractivity contribution in [3.8, 4) is 11.8 Å². The Kier molecular flexibility index (Phi) is 4.54. The number of rotatable bonds is 4. The van der Waals surface area contributed by atoms with E-state index in [0.29, 0.717) is 11.5 Å². The fraction of sp³-hybridized carbons (Fsp3) is 0.278. The van der Waals surface area contributed by atoms with Crippen LogP contribution in [0, 0.1) is 23.0 Å². The van der Waals surface area contributed by atoms with Crippen LogP contribution in [0.2, 0.25) is 0 Å². The number of ether oxygens (including phenoxy) is 1. The Hall–Kier alpha value is -2.45. The second-order valence-electron chi connectivity index (χ2n) is 5.59. The third-order valence-corrected chi connectivity index (χ3v) is 4.05. The molecule has 3 rings (SSSR count). The van der Waals surface area contributed by atoms with Gasteiger partial charge in [-0.1, -0.05) is 6.07 Å². The molecule has 1 atom stereocenters. The Balaban J connectivity index is 1.75. The Morgan fingerprint density at radius 1 is 1.17 bits per heavy atom. The second kappa shape index (κ2) is 6.76. The SMILES string of the molecule is N#Cc1ccc(OCc2cc([C@H]3CCNC3)ccc2F)c(F)c1. The molecule has 1 aliphatic heterocycles. The Morgan fingerprint density at radius 2 is 2.04 bits per heavy atom. The standard InChI is InChI=1S/C18H16F2N2O/c19-16-3-2-13(14-5-6-22-10-14)8-15(16)11-23-18-4-1-12(9-21)7-17(18)20/h1-4,7-8,14,22H,5-6,10-11H2/t14-/m0/s1. The first kappa shape index (κ1) is 15.4. The van der Waals surface area contributed by atoms with Gasteiger partial charge in [0.25, 0.3) is 0 Å². The lowest BCUT2D eigenvalue weighted by Crippen LogP contribution is -2.09. The van der Waals surface area contributed by atoms with Crippen LogP contribution < -0.4 is 10.1 Å². The maximum absolute atomic E-state index is 13.9. The van der Waals surface area contributed by atoms with Crippen LogP contribution in [0.1, 0.15) is 29.0 Å². The van der Waals surface area contributed by atoms with Gasteiger partial charge in [0.05, 0.1) is 11.6 Å². The first-order valence-electron chi connectivity index (χ1n) is 7.49. The fourth-order valence-electron chi connectivity index (χ4n) is 2.74. The summed E-state index contributed by atoms with van der Waals surface area (Å²) in [6.45, 7) is 1.79. The molecule has 0 bridgehead atoms. The molecule has 1 aliphatic rings. The predicted molar refractivity (Wildman–Crippen MR) is 82.1 cm³/mol. The Bertz CT molecular complexity index is 749. The summed E-state index contributed by atoms with van der Waals surface area (Å²) in [5.41, 5.74) is 1.69. The Labute approximate surface area is 133 Å². The van der Waals surface area contributed by atoms with Crippen molar-refractivity contribution in [3.05, 3.63) is 64.7 Å². The average Bonchev–Trinajstić information content (AvgIpc) is 3.09. The zero-order chi connectivity index (χ0) is 16.2. The summed E-state index contributed by atoms with van der Waals surface area (Å²) in [6.07, 6.45) is 1.02. The number of hydrogen-bond donors (Lipinski definition) is 1. The number of halogens is 2. The van der Waals surface area contributed by atoms with E-state index in [1.54, 1.807) is 12.1 Å². The minimum Gasteiger partial charge on any atom is -0.486 e. The normalized spacial score (nSPS) is 17.0. The van der Waals surface area contributed by atoms with Crippen LogP contribution in [-0.4, -0.2) is 13.1 Å². The number of nitriles is 1. The van der Waals surface area contributed by atoms with Gasteiger partial charge in [0, 0.05) is 12.1 Å². The highest BCUT2D eigenvalue weighted by Crippen LogP contribution is 2.25. The minimum absolute atomic E-state index is 0.0105. The van der Waals surface area contributed by atoms with E-state index in [4.69, 9.17) is 10.00 Å². The molecule has 0 aliphatic carbocycles. The summed E-state index contributed by atoms with van der Waals surface area (Å²) in [5, 5.41) is 12.0. The van der Waals surface area contributed by atoms with Gasteiger partial charge in [-0.3, -0.25) is 0 Å². The van der Waals surface area contributed by atoms with Crippen LogP contribution in [0.15, 0.2) is 36.4 Å². The van der Waals surface area contributed by atoms with Gasteiger partial charge in [-0.2, -0.15) is 5.26 Å². The van der Waals surface area contributed by atoms with E-state index in [9.17, 15) is 8.78 Å². The summed E-state index contributed by atoms with van der Waals surface area (Å²) in [6, 6.07) is 10.8. The molecule has 0 amide bonds. The van der Waals surface area contributed by atoms with Crippen LogP contribution in [0.3, 0.4) is 0 Å². The van der Waals surface area contributed by atoms with Crippen LogP contribution in [0.4, 0.5) is 8.78 Å². The van der Waals surface area contributed by atoms with Crippen molar-refractivity contribution in [1.29, 1.82) is 5.26 Å². The van der Waals surface area contributed by atoms with E-state index in [1.807, 2.05) is 6.07 Å². The van der Waals surface area contributed by atoms with Gasteiger partial charge in [0.15, 0.2) is 11.6 Å². The first-order chi connectivity index (χ1) is 11.2. The van der Waals surface area contributed by atoms with Crippen molar-refractivity contribution in [2.75, 3.05) is 13.1 Å². The molecule has 1 saturated heterocycles. The fourth-order valence-corrected chi connectivity index (χ4v) is 2.74. The number of nitrogens with zero attached hydrogens (tertiary/aromatic N) is 1. The van der Waals surface area contributed by atoms with Gasteiger partial charge in [0.2, 0.25) is 0 Å². The summed E-state index contributed by atoms with van der Waals surface area (Å²) >= 11 is 0. The molecule has 1 heterocycles. The maximum atomic E-state index is 13.9. The highest BCUT2D eigenvalue weighted by atomic mass is 19.1. The predicted octanol–water partition coefficient (Wildman–Crippen LogP) is 3.49. The lowest BCUT2D eigenvalue weighted by Gasteiger charge is -2.13. The van der Waals surface area contributed by atoms with Gasteiger partial charge in [-0.25, -0.2) is 8.78 Å². The highest BCUT2D eigenvalue weighted by molar-refractivity contribution is 5.36. The molecule has 0 saturated carbocycles. The third kappa shape index (κ3) is 3.49. The molecule has 2 aromatic rings. The van der Waals surface area contributed by atoms with E-state index >= 15 is 0 Å². The number of hydrogen-bond acceptors (Lipinski definition) is 3. The van der Waals surface area contributed by atoms with E-state index in [0.717, 1.165) is 31.1 Å². The van der Waals surface area contributed by atoms with Crippen molar-refractivity contribution in [2.24, 2.45) is 0 Å². The molecule has 2 aromatic carbocycles. The summed E-state index contributed by atoms with van der Waals surface area (Å²) in [5.74, 6) is -0.605. The molecule has 23 heavy (non-hydrogen) atoms. The van der Waals surface area contributed by atoms with Crippen molar-refractivity contribution < 1.29 is 13.5 Å². The molecule has 1 N–H and O–H groups in total. The van der Waals surface area contributed by atoms with Crippen molar-refractivity contribution in [3.63, 3.8) is 0 Å². The molecule has 1 fully saturated rings. The largest absolute Gasteiger partial charge is 0.486 e. The molecular weight excluding hydrogens is 298 g/mol. The van der Waals surface area contributed by atoms with E-state index in [1.165, 1.54) is 18.2 Å². The third-order valence-electron chi connectivity index (χ3n) is 4.05. The molecule has 0 aromatic heterocycles. The average molecular weight is 314 g/mol. The van der Waals surface area contributed by atoms with Crippen LogP contribution in [0.5, 0.6) is 5.75 Å². The quantitative estimate of drug-likeness (QED) is 0.939. The van der Waals surface area contributed by atoms with Crippen molar-refractivity contribution in [1.82, 2.24) is 5.32 Å². The van der Waals surface area contributed by atoms with Gasteiger partial charge >= 0.3 is 0 Å². The number of nitrogens with one attached hydrogen (secondary N) is 1. The molecule has 3 nitrogen and oxygen atoms in total. The molecular formula is C18H16F2N2O. The maximum Gasteiger partial charge on any atom is 0.166 e. The number of benzene rings is 2. The lowest BCUT2D eigenvalue weighted by molar-refractivity contribution is 0.284. The molecule has 118 valence electrons. The zero-order valence-electron chi connectivity index (χ0n) is 12.5. The minimum atomic E-state index is -0.624. The molecule has 0 unspecified atom stereocenters. The van der Waals surface area contributed by atoms with E-state index in [-0.39, 0.29) is 23.7 Å². The summed E-state index contributed by atoms with van der Waals surface area (Å²) < 4.78 is 33.1. The zero-order valence-corrected chi connectivity index (χ0v) is 12.5. The van der Waals surface area contributed by atoms with Crippen molar-refractivity contribution in [2.45, 2.75) is 18.9 Å². The van der Waals surface area contributed by atoms with E-state index < -0.39 is 5.82 Å². The van der Waals surface area contributed by atoms with Gasteiger partial charge < -0.3 is 10.1 Å². The van der Waals surface area contributed by atoms with Crippen LogP contribution >= 0.6 is 0 Å². The van der Waals surface area contributed by atoms with Crippen LogP contribution in [-0.2, 0) is 6.61 Å². The van der Waals surface area contributed by atoms with Gasteiger partial charge in [-0.05, 0) is 54.8 Å². The highest BCUT2D eigenvalue weighted by Gasteiger charge is 2.18. The smallest absolute Gasteiger partial charge is 0.166 e. The van der Waals surface area contributed by atoms with Gasteiger partial charge in [-0.15, -0.1) is 0 Å². The summed E-state index contributed by atoms with van der Waals surface area (Å²) in [7, 11) is 0. The second-order valence-corrected chi connectivity index (χ2v) is 5.59. The summed E-state index contributed by atoms with van der Waals surface area (Å²) in [4.78, 5) is 0. The van der Waals surface area contributed by atoms with Gasteiger partial charge in [0.1, 0.15) is 12.4 Å². The van der Waals surface area contributed by atoms with Crippen molar-refractivity contribution >= 4 is 0 Å². The molecule has 0 radical (unpaired) electrons. The van der Waals surface area contributed by atoms with E-state index in [2.05, 4.69) is 5.32 Å². The Morgan fingerprint density at radius 3 is 2.74 bits per heavy atom.